The topological polar surface area (TPSA) is 75.6 Å². The number of nitrogens with one attached hydrogen (secondary N) is 1. The molecule has 0 amide bonds. The van der Waals surface area contributed by atoms with Crippen LogP contribution in [0.1, 0.15) is 32.3 Å². The fraction of sp³-hybridized carbons (Fsp3) is 0.333. The molecule has 5 heteroatoms. The molecule has 0 saturated carbocycles. The number of carboxylic acids is 1. The second kappa shape index (κ2) is 7.33. The van der Waals surface area contributed by atoms with Crippen LogP contribution in [0.2, 0.25) is 0 Å². The molecule has 0 heterocycles. The number of anilines is 1. The summed E-state index contributed by atoms with van der Waals surface area (Å²) in [5, 5.41) is 11.7. The van der Waals surface area contributed by atoms with E-state index >= 15 is 0 Å². The van der Waals surface area contributed by atoms with Gasteiger partial charge in [-0.1, -0.05) is 26.0 Å². The van der Waals surface area contributed by atoms with Crippen LogP contribution in [0.15, 0.2) is 36.0 Å². The van der Waals surface area contributed by atoms with E-state index in [4.69, 9.17) is 5.11 Å². The molecule has 0 fully saturated rings. The lowest BCUT2D eigenvalue weighted by molar-refractivity contribution is -0.143. The van der Waals surface area contributed by atoms with E-state index in [-0.39, 0.29) is 6.61 Å². The molecular weight excluding hydrogens is 258 g/mol. The maximum absolute atomic E-state index is 11.4. The van der Waals surface area contributed by atoms with Crippen molar-refractivity contribution in [3.05, 3.63) is 41.6 Å². The van der Waals surface area contributed by atoms with Gasteiger partial charge in [-0.25, -0.2) is 9.59 Å². The molecule has 1 aromatic rings. The van der Waals surface area contributed by atoms with Crippen LogP contribution in [0.5, 0.6) is 0 Å². The number of rotatable bonds is 6. The first-order chi connectivity index (χ1) is 9.45. The van der Waals surface area contributed by atoms with Crippen molar-refractivity contribution in [3.8, 4) is 0 Å². The Hall–Kier alpha value is -2.30. The van der Waals surface area contributed by atoms with E-state index in [2.05, 4.69) is 23.9 Å². The van der Waals surface area contributed by atoms with Gasteiger partial charge in [0.2, 0.25) is 0 Å². The number of aliphatic carboxylic acids is 1. The summed E-state index contributed by atoms with van der Waals surface area (Å²) >= 11 is 0. The lowest BCUT2D eigenvalue weighted by atomic mass is 10.0. The monoisotopic (exact) mass is 277 g/mol. The number of carboxylic acid groups (broad SMARTS) is 1. The Morgan fingerprint density at radius 1 is 1.30 bits per heavy atom. The molecule has 0 saturated heterocycles. The van der Waals surface area contributed by atoms with Crippen LogP contribution in [0.25, 0.3) is 0 Å². The van der Waals surface area contributed by atoms with Gasteiger partial charge in [-0.05, 0) is 30.5 Å². The van der Waals surface area contributed by atoms with Crippen LogP contribution in [-0.4, -0.2) is 23.7 Å². The minimum absolute atomic E-state index is 0.131. The first-order valence-corrected chi connectivity index (χ1v) is 6.42. The summed E-state index contributed by atoms with van der Waals surface area (Å²) in [4.78, 5) is 22.4. The fourth-order valence-corrected chi connectivity index (χ4v) is 1.54. The van der Waals surface area contributed by atoms with E-state index in [0.29, 0.717) is 11.6 Å². The fourth-order valence-electron chi connectivity index (χ4n) is 1.54. The first-order valence-electron chi connectivity index (χ1n) is 6.42. The Morgan fingerprint density at radius 2 is 1.90 bits per heavy atom. The number of carbonyl (C=O) groups is 2. The second-order valence-electron chi connectivity index (χ2n) is 4.50. The minimum atomic E-state index is -1.32. The number of hydrogen-bond donors (Lipinski definition) is 2. The number of ether oxygens (including phenoxy) is 1. The Labute approximate surface area is 118 Å². The third-order valence-electron chi connectivity index (χ3n) is 2.69. The molecule has 0 aromatic heterocycles. The van der Waals surface area contributed by atoms with Crippen LogP contribution in [0, 0.1) is 0 Å². The van der Waals surface area contributed by atoms with Gasteiger partial charge in [-0.15, -0.1) is 0 Å². The molecule has 5 nitrogen and oxygen atoms in total. The first kappa shape index (κ1) is 15.8. The van der Waals surface area contributed by atoms with Gasteiger partial charge in [0.25, 0.3) is 0 Å². The quantitative estimate of drug-likeness (QED) is 0.362. The van der Waals surface area contributed by atoms with Gasteiger partial charge in [0, 0.05) is 11.9 Å². The summed E-state index contributed by atoms with van der Waals surface area (Å²) in [6.45, 7) is 5.93. The van der Waals surface area contributed by atoms with Crippen LogP contribution >= 0.6 is 0 Å². The smallest absolute Gasteiger partial charge is 0.347 e. The van der Waals surface area contributed by atoms with Gasteiger partial charge < -0.3 is 15.2 Å². The second-order valence-corrected chi connectivity index (χ2v) is 4.50. The highest BCUT2D eigenvalue weighted by Gasteiger charge is 2.18. The Morgan fingerprint density at radius 3 is 2.35 bits per heavy atom. The maximum atomic E-state index is 11.4. The van der Waals surface area contributed by atoms with E-state index in [1.54, 1.807) is 6.92 Å². The lowest BCUT2D eigenvalue weighted by Crippen LogP contribution is -2.16. The van der Waals surface area contributed by atoms with E-state index in [1.807, 2.05) is 24.3 Å². The largest absolute Gasteiger partial charge is 0.477 e. The molecule has 2 N–H and O–H groups in total. The number of carbonyl (C=O) groups excluding carboxylic acids is 1. The van der Waals surface area contributed by atoms with E-state index in [9.17, 15) is 9.59 Å². The number of hydrogen-bond acceptors (Lipinski definition) is 4. The molecular formula is C15H19NO4. The molecule has 0 unspecified atom stereocenters. The summed E-state index contributed by atoms with van der Waals surface area (Å²) < 4.78 is 4.68. The average molecular weight is 277 g/mol. The normalized spacial score (nSPS) is 11.3. The van der Waals surface area contributed by atoms with Crippen LogP contribution < -0.4 is 5.32 Å². The van der Waals surface area contributed by atoms with E-state index in [1.165, 1.54) is 5.56 Å². The molecule has 108 valence electrons. The highest BCUT2D eigenvalue weighted by atomic mass is 16.5. The van der Waals surface area contributed by atoms with Gasteiger partial charge in [0.1, 0.15) is 0 Å². The summed E-state index contributed by atoms with van der Waals surface area (Å²) in [6, 6.07) is 7.56. The zero-order valence-corrected chi connectivity index (χ0v) is 11.8. The Balaban J connectivity index is 2.82. The van der Waals surface area contributed by atoms with E-state index < -0.39 is 17.5 Å². The van der Waals surface area contributed by atoms with E-state index in [0.717, 1.165) is 6.20 Å². The van der Waals surface area contributed by atoms with Crippen molar-refractivity contribution in [2.24, 2.45) is 0 Å². The SMILES string of the molecule is CCOC(=O)C(=CNc1ccc(C(C)C)cc1)C(=O)O. The van der Waals surface area contributed by atoms with Crippen molar-refractivity contribution in [1.82, 2.24) is 0 Å². The van der Waals surface area contributed by atoms with Crippen molar-refractivity contribution in [2.75, 3.05) is 11.9 Å². The van der Waals surface area contributed by atoms with Crippen LogP contribution in [0.3, 0.4) is 0 Å². The van der Waals surface area contributed by atoms with Crippen LogP contribution in [0.4, 0.5) is 5.69 Å². The minimum Gasteiger partial charge on any atom is -0.477 e. The number of benzene rings is 1. The van der Waals surface area contributed by atoms with Crippen molar-refractivity contribution >= 4 is 17.6 Å². The molecule has 0 aliphatic heterocycles. The highest BCUT2D eigenvalue weighted by Crippen LogP contribution is 2.17. The molecule has 0 spiro atoms. The standard InChI is InChI=1S/C15H19NO4/c1-4-20-15(19)13(14(17)18)9-16-12-7-5-11(6-8-12)10(2)3/h5-10,16H,4H2,1-3H3,(H,17,18). The third-order valence-corrected chi connectivity index (χ3v) is 2.69. The Bertz CT molecular complexity index is 503. The summed E-state index contributed by atoms with van der Waals surface area (Å²) in [7, 11) is 0. The van der Waals surface area contributed by atoms with Gasteiger partial charge >= 0.3 is 11.9 Å². The highest BCUT2D eigenvalue weighted by molar-refractivity contribution is 6.13. The number of esters is 1. The molecule has 0 aliphatic carbocycles. The van der Waals surface area contributed by atoms with Gasteiger partial charge in [0.15, 0.2) is 5.57 Å². The van der Waals surface area contributed by atoms with Gasteiger partial charge in [-0.2, -0.15) is 0 Å². The average Bonchev–Trinajstić information content (AvgIpc) is 2.39. The zero-order chi connectivity index (χ0) is 15.1. The molecule has 1 aromatic carbocycles. The van der Waals surface area contributed by atoms with Crippen molar-refractivity contribution < 1.29 is 19.4 Å². The van der Waals surface area contributed by atoms with Gasteiger partial charge in [-0.3, -0.25) is 0 Å². The van der Waals surface area contributed by atoms with Crippen LogP contribution in [-0.2, 0) is 14.3 Å². The summed E-state index contributed by atoms with van der Waals surface area (Å²) in [5.41, 5.74) is 1.46. The Kier molecular flexibility index (Phi) is 5.77. The lowest BCUT2D eigenvalue weighted by Gasteiger charge is -2.07. The molecule has 20 heavy (non-hydrogen) atoms. The predicted molar refractivity (Wildman–Crippen MR) is 76.5 cm³/mol. The molecule has 0 atom stereocenters. The third kappa shape index (κ3) is 4.42. The molecule has 1 rings (SSSR count). The zero-order valence-electron chi connectivity index (χ0n) is 11.8. The van der Waals surface area contributed by atoms with Crippen molar-refractivity contribution in [3.63, 3.8) is 0 Å². The molecule has 0 aliphatic rings. The summed E-state index contributed by atoms with van der Waals surface area (Å²) in [5.74, 6) is -1.75. The van der Waals surface area contributed by atoms with Gasteiger partial charge in [0.05, 0.1) is 6.61 Å². The predicted octanol–water partition coefficient (Wildman–Crippen LogP) is 2.75. The van der Waals surface area contributed by atoms with Crippen molar-refractivity contribution in [2.45, 2.75) is 26.7 Å². The summed E-state index contributed by atoms with van der Waals surface area (Å²) in [6.07, 6.45) is 1.14. The molecule has 0 bridgehead atoms. The maximum Gasteiger partial charge on any atom is 0.347 e. The van der Waals surface area contributed by atoms with Crippen molar-refractivity contribution in [1.29, 1.82) is 0 Å². The molecule has 0 radical (unpaired) electrons.